The van der Waals surface area contributed by atoms with E-state index in [-0.39, 0.29) is 25.3 Å². The molecular weight excluding hydrogens is 666 g/mol. The molecule has 0 spiro atoms. The lowest BCUT2D eigenvalue weighted by Crippen LogP contribution is -2.60. The molecule has 3 amide bonds. The molecule has 5 atom stereocenters. The van der Waals surface area contributed by atoms with E-state index in [9.17, 15) is 27.9 Å². The van der Waals surface area contributed by atoms with E-state index in [0.29, 0.717) is 24.0 Å². The van der Waals surface area contributed by atoms with Crippen LogP contribution in [0.3, 0.4) is 0 Å². The Bertz CT molecular complexity index is 1810. The Kier molecular flexibility index (Phi) is 9.87. The van der Waals surface area contributed by atoms with Gasteiger partial charge in [0.1, 0.15) is 29.5 Å². The fraction of sp³-hybridized carbons (Fsp3) is 0.571. The molecule has 3 fully saturated rings. The highest BCUT2D eigenvalue weighted by Gasteiger charge is 2.57. The van der Waals surface area contributed by atoms with Crippen LogP contribution < -0.4 is 25.2 Å². The van der Waals surface area contributed by atoms with Gasteiger partial charge in [-0.05, 0) is 75.1 Å². The van der Waals surface area contributed by atoms with Crippen molar-refractivity contribution in [1.29, 1.82) is 0 Å². The first-order valence-corrected chi connectivity index (χ1v) is 18.1. The Morgan fingerprint density at radius 1 is 1.16 bits per heavy atom. The summed E-state index contributed by atoms with van der Waals surface area (Å²) in [6, 6.07) is 4.92. The number of rotatable bonds is 11. The van der Waals surface area contributed by atoms with Gasteiger partial charge < -0.3 is 34.9 Å². The van der Waals surface area contributed by atoms with Crippen LogP contribution in [0.5, 0.6) is 11.6 Å². The summed E-state index contributed by atoms with van der Waals surface area (Å²) >= 11 is 0. The molecule has 14 nitrogen and oxygen atoms in total. The van der Waals surface area contributed by atoms with Crippen LogP contribution in [0.1, 0.15) is 67.2 Å². The molecule has 1 saturated heterocycles. The van der Waals surface area contributed by atoms with E-state index in [0.717, 1.165) is 5.39 Å². The molecule has 50 heavy (non-hydrogen) atoms. The highest BCUT2D eigenvalue weighted by atomic mass is 32.2. The van der Waals surface area contributed by atoms with Crippen molar-refractivity contribution in [2.75, 3.05) is 13.7 Å². The lowest BCUT2D eigenvalue weighted by Gasteiger charge is -2.36. The Morgan fingerprint density at radius 3 is 2.44 bits per heavy atom. The Balaban J connectivity index is 1.46. The number of hydrogen-bond donors (Lipinski definition) is 2. The number of ether oxygens (including phenoxy) is 3. The number of pyridine rings is 1. The van der Waals surface area contributed by atoms with Gasteiger partial charge in [0.15, 0.2) is 0 Å². The molecule has 1 aromatic carbocycles. The third kappa shape index (κ3) is 7.98. The summed E-state index contributed by atoms with van der Waals surface area (Å²) in [5.74, 6) is -1.85. The minimum Gasteiger partial charge on any atom is -0.859 e. The number of benzene rings is 1. The summed E-state index contributed by atoms with van der Waals surface area (Å²) in [4.78, 5) is 47.2. The molecule has 2 heterocycles. The lowest BCUT2D eigenvalue weighted by atomic mass is 9.85. The summed E-state index contributed by atoms with van der Waals surface area (Å²) in [5, 5.41) is 19.6. The average molecular weight is 713 g/mol. The van der Waals surface area contributed by atoms with Crippen LogP contribution in [0.4, 0.5) is 4.79 Å². The zero-order chi connectivity index (χ0) is 36.8. The molecule has 2 N–H and O–H groups in total. The van der Waals surface area contributed by atoms with Crippen molar-refractivity contribution in [1.82, 2.24) is 20.5 Å². The zero-order valence-corrected chi connectivity index (χ0v) is 30.3. The van der Waals surface area contributed by atoms with Crippen LogP contribution >= 0.6 is 0 Å². The fourth-order valence-electron chi connectivity index (χ4n) is 6.08. The maximum Gasteiger partial charge on any atom is 0.408 e. The number of alkyl carbamates (subject to hydrolysis) is 1. The first-order valence-electron chi connectivity index (χ1n) is 16.6. The van der Waals surface area contributed by atoms with Gasteiger partial charge in [0.2, 0.25) is 17.7 Å². The molecule has 0 bridgehead atoms. The van der Waals surface area contributed by atoms with Gasteiger partial charge in [-0.15, -0.1) is 6.58 Å². The van der Waals surface area contributed by atoms with E-state index in [1.807, 2.05) is 6.07 Å². The second-order valence-electron chi connectivity index (χ2n) is 15.2. The molecule has 2 aliphatic carbocycles. The summed E-state index contributed by atoms with van der Waals surface area (Å²) in [6.07, 6.45) is 2.50. The largest absolute Gasteiger partial charge is 0.859 e. The van der Waals surface area contributed by atoms with Crippen molar-refractivity contribution >= 4 is 44.6 Å². The zero-order valence-electron chi connectivity index (χ0n) is 29.5. The highest BCUT2D eigenvalue weighted by Crippen LogP contribution is 2.45. The monoisotopic (exact) mass is 712 g/mol. The normalized spacial score (nSPS) is 24.7. The summed E-state index contributed by atoms with van der Waals surface area (Å²) in [7, 11) is -2.46. The minimum absolute atomic E-state index is 0.00956. The molecule has 2 aromatic rings. The number of fused-ring (bicyclic) bond motifs is 1. The van der Waals surface area contributed by atoms with Crippen LogP contribution in [0, 0.1) is 11.3 Å². The first-order chi connectivity index (χ1) is 23.3. The molecule has 272 valence electrons. The number of nitrogens with zero attached hydrogens (tertiary/aromatic N) is 3. The average Bonchev–Trinajstić information content (AvgIpc) is 3.95. The molecule has 1 aliphatic heterocycles. The topological polar surface area (TPSA) is 189 Å². The molecule has 15 heteroatoms. The second kappa shape index (κ2) is 13.4. The number of sulfonamides is 1. The third-order valence-corrected chi connectivity index (χ3v) is 10.8. The van der Waals surface area contributed by atoms with Crippen molar-refractivity contribution in [3.63, 3.8) is 0 Å². The van der Waals surface area contributed by atoms with Crippen LogP contribution in [-0.4, -0.2) is 90.3 Å². The minimum atomic E-state index is -4.02. The summed E-state index contributed by atoms with van der Waals surface area (Å²) in [5.41, 5.74) is -3.25. The van der Waals surface area contributed by atoms with Crippen molar-refractivity contribution in [2.45, 2.75) is 102 Å². The van der Waals surface area contributed by atoms with Gasteiger partial charge in [-0.2, -0.15) is 4.40 Å². The molecule has 0 unspecified atom stereocenters. The summed E-state index contributed by atoms with van der Waals surface area (Å²) < 4.78 is 45.9. The number of hydrogen-bond acceptors (Lipinski definition) is 10. The van der Waals surface area contributed by atoms with Crippen molar-refractivity contribution < 1.29 is 42.1 Å². The Morgan fingerprint density at radius 2 is 1.86 bits per heavy atom. The number of aromatic nitrogens is 1. The number of nitrogens with one attached hydrogen (secondary N) is 2. The highest BCUT2D eigenvalue weighted by molar-refractivity contribution is 7.91. The van der Waals surface area contributed by atoms with E-state index in [1.54, 1.807) is 73.0 Å². The maximum atomic E-state index is 14.4. The van der Waals surface area contributed by atoms with Crippen molar-refractivity contribution in [2.24, 2.45) is 15.7 Å². The van der Waals surface area contributed by atoms with Crippen molar-refractivity contribution in [3.8, 4) is 11.6 Å². The number of amides is 3. The standard InChI is InChI=1S/C35H47N5O9S/c1-9-21-18-35(21,31(43)39-50(45,46)24-11-12-24)38-28(41)26-17-23(48-29-25-13-10-22(47-8)16-20(25)14-15-36-29)19-40(26)30(42)27(33(2,3)4)37-32(44)49-34(5,6)7/h9-10,13-16,21,23-24,26-27H,1,11-12,17-19H2,2-8H3,(H,37,44)(H,38,41)(H,39,43)/p-1/t21-,23-,26+,27-,35-/m1/s1. The first kappa shape index (κ1) is 36.9. The molecule has 1 aromatic heterocycles. The SMILES string of the molecule is C=C[C@@H]1C[C@]1(NC(=O)[C@@H]1C[C@@H](Oc2nccc3cc(OC)ccc23)CN1C(=O)[C@@H](NC(=O)OC(C)(C)C)C(C)(C)C)/C([O-])=N/S(=O)(=O)C1CC1. The number of carbonyl (C=O) groups is 3. The van der Waals surface area contributed by atoms with E-state index in [1.165, 1.54) is 11.0 Å². The number of methoxy groups -OCH3 is 1. The van der Waals surface area contributed by atoms with Gasteiger partial charge >= 0.3 is 6.09 Å². The van der Waals surface area contributed by atoms with Gasteiger partial charge in [-0.1, -0.05) is 26.8 Å². The van der Waals surface area contributed by atoms with Gasteiger partial charge in [-0.3, -0.25) is 9.59 Å². The van der Waals surface area contributed by atoms with E-state index in [4.69, 9.17) is 14.2 Å². The Hall–Kier alpha value is -4.40. The van der Waals surface area contributed by atoms with E-state index in [2.05, 4.69) is 26.6 Å². The van der Waals surface area contributed by atoms with Gasteiger partial charge in [-0.25, -0.2) is 18.2 Å². The smallest absolute Gasteiger partial charge is 0.408 e. The quantitative estimate of drug-likeness (QED) is 0.199. The van der Waals surface area contributed by atoms with Crippen LogP contribution in [0.25, 0.3) is 10.8 Å². The van der Waals surface area contributed by atoms with E-state index < -0.39 is 79.7 Å². The summed E-state index contributed by atoms with van der Waals surface area (Å²) in [6.45, 7) is 14.1. The third-order valence-electron chi connectivity index (χ3n) is 9.02. The molecular formula is C35H46N5O9S-. The van der Waals surface area contributed by atoms with Gasteiger partial charge in [0, 0.05) is 29.8 Å². The Labute approximate surface area is 292 Å². The van der Waals surface area contributed by atoms with Gasteiger partial charge in [0.05, 0.1) is 24.4 Å². The van der Waals surface area contributed by atoms with Crippen LogP contribution in [-0.2, 0) is 24.3 Å². The predicted octanol–water partition coefficient (Wildman–Crippen LogP) is 2.84. The second-order valence-corrected chi connectivity index (χ2v) is 17.1. The molecule has 0 radical (unpaired) electrons. The lowest BCUT2D eigenvalue weighted by molar-refractivity contribution is -0.222. The van der Waals surface area contributed by atoms with Crippen LogP contribution in [0.15, 0.2) is 47.5 Å². The number of carbonyl (C=O) groups excluding carboxylic acids is 3. The molecule has 2 saturated carbocycles. The number of likely N-dealkylation sites (tertiary alicyclic amines) is 1. The predicted molar refractivity (Wildman–Crippen MR) is 184 cm³/mol. The van der Waals surface area contributed by atoms with E-state index >= 15 is 0 Å². The molecule has 3 aliphatic rings. The van der Waals surface area contributed by atoms with Crippen molar-refractivity contribution in [3.05, 3.63) is 43.1 Å². The fourth-order valence-corrected chi connectivity index (χ4v) is 7.35. The maximum absolute atomic E-state index is 14.4. The molecule has 5 rings (SSSR count). The van der Waals surface area contributed by atoms with Crippen LogP contribution in [0.2, 0.25) is 0 Å². The van der Waals surface area contributed by atoms with Gasteiger partial charge in [0.25, 0.3) is 10.0 Å².